The van der Waals surface area contributed by atoms with Gasteiger partial charge in [0, 0.05) is 12.1 Å². The number of halogens is 1. The van der Waals surface area contributed by atoms with Gasteiger partial charge in [-0.15, -0.1) is 10.2 Å². The van der Waals surface area contributed by atoms with E-state index in [0.29, 0.717) is 35.2 Å². The summed E-state index contributed by atoms with van der Waals surface area (Å²) in [5.41, 5.74) is 2.70. The number of ether oxygens (including phenoxy) is 1. The summed E-state index contributed by atoms with van der Waals surface area (Å²) in [6.45, 7) is 2.87. The van der Waals surface area contributed by atoms with Crippen molar-refractivity contribution in [1.29, 1.82) is 0 Å². The van der Waals surface area contributed by atoms with Gasteiger partial charge in [0.15, 0.2) is 11.6 Å². The lowest BCUT2D eigenvalue weighted by Gasteiger charge is -2.05. The first-order valence-corrected chi connectivity index (χ1v) is 10.2. The first-order valence-electron chi connectivity index (χ1n) is 9.27. The molecule has 4 heterocycles. The Bertz CT molecular complexity index is 1310. The van der Waals surface area contributed by atoms with Gasteiger partial charge >= 0.3 is 0 Å². The Labute approximate surface area is 174 Å². The van der Waals surface area contributed by atoms with Gasteiger partial charge in [-0.1, -0.05) is 12.1 Å². The highest BCUT2D eigenvalue weighted by Crippen LogP contribution is 2.36. The van der Waals surface area contributed by atoms with Crippen molar-refractivity contribution in [2.24, 2.45) is 0 Å². The maximum Gasteiger partial charge on any atom is 0.242 e. The minimum Gasteiger partial charge on any atom is -0.468 e. The molecule has 0 spiro atoms. The first-order chi connectivity index (χ1) is 14.8. The Balaban J connectivity index is 1.65. The van der Waals surface area contributed by atoms with Crippen molar-refractivity contribution in [3.8, 4) is 28.4 Å². The van der Waals surface area contributed by atoms with Crippen molar-refractivity contribution in [2.45, 2.75) is 20.1 Å². The molecule has 30 heavy (non-hydrogen) atoms. The maximum absolute atomic E-state index is 14.4. The molecule has 0 aliphatic carbocycles. The molecule has 0 aliphatic heterocycles. The van der Waals surface area contributed by atoms with Crippen LogP contribution in [-0.2, 0) is 13.2 Å². The van der Waals surface area contributed by atoms with Crippen LogP contribution in [0.25, 0.3) is 28.0 Å². The van der Waals surface area contributed by atoms with E-state index in [9.17, 15) is 4.39 Å². The zero-order valence-electron chi connectivity index (χ0n) is 15.9. The largest absolute Gasteiger partial charge is 0.468 e. The van der Waals surface area contributed by atoms with Gasteiger partial charge in [-0.3, -0.25) is 0 Å². The molecule has 0 amide bonds. The third kappa shape index (κ3) is 3.11. The first kappa shape index (κ1) is 18.4. The molecule has 0 saturated heterocycles. The minimum atomic E-state index is -0.398. The molecule has 0 fully saturated rings. The molecular weight excluding hydrogens is 405 g/mol. The van der Waals surface area contributed by atoms with E-state index >= 15 is 0 Å². The van der Waals surface area contributed by atoms with E-state index < -0.39 is 5.82 Å². The Morgan fingerprint density at radius 2 is 2.10 bits per heavy atom. The van der Waals surface area contributed by atoms with Crippen LogP contribution in [0.3, 0.4) is 0 Å². The number of thiophene rings is 1. The van der Waals surface area contributed by atoms with Gasteiger partial charge in [-0.05, 0) is 35.9 Å². The van der Waals surface area contributed by atoms with E-state index in [4.69, 9.17) is 4.74 Å². The van der Waals surface area contributed by atoms with Crippen molar-refractivity contribution < 1.29 is 9.13 Å². The van der Waals surface area contributed by atoms with Gasteiger partial charge in [0.2, 0.25) is 5.88 Å². The fraction of sp³-hybridized carbons (Fsp3) is 0.150. The predicted molar refractivity (Wildman–Crippen MR) is 110 cm³/mol. The summed E-state index contributed by atoms with van der Waals surface area (Å²) in [7, 11) is 0. The number of rotatable bonds is 6. The number of hydrogen-bond donors (Lipinski definition) is 0. The lowest BCUT2D eigenvalue weighted by molar-refractivity contribution is 0.276. The molecule has 5 aromatic rings. The van der Waals surface area contributed by atoms with Crippen LogP contribution in [0.1, 0.15) is 12.7 Å². The van der Waals surface area contributed by atoms with Gasteiger partial charge in [0.25, 0.3) is 0 Å². The van der Waals surface area contributed by atoms with E-state index in [2.05, 4.69) is 25.4 Å². The van der Waals surface area contributed by atoms with Crippen LogP contribution in [0.15, 0.2) is 53.6 Å². The number of fused-ring (bicyclic) bond motifs is 1. The fourth-order valence-corrected chi connectivity index (χ4v) is 3.90. The number of aryl methyl sites for hydroxylation is 1. The average molecular weight is 421 g/mol. The summed E-state index contributed by atoms with van der Waals surface area (Å²) in [4.78, 5) is 4.25. The second kappa shape index (κ2) is 7.64. The van der Waals surface area contributed by atoms with Crippen LogP contribution in [0.4, 0.5) is 4.39 Å². The van der Waals surface area contributed by atoms with Crippen molar-refractivity contribution in [2.75, 3.05) is 0 Å². The lowest BCUT2D eigenvalue weighted by Crippen LogP contribution is -2.08. The van der Waals surface area contributed by atoms with Crippen molar-refractivity contribution >= 4 is 16.9 Å². The number of benzene rings is 1. The number of hydrogen-bond acceptors (Lipinski definition) is 7. The summed E-state index contributed by atoms with van der Waals surface area (Å²) >= 11 is 1.56. The Kier molecular flexibility index (Phi) is 4.68. The maximum atomic E-state index is 14.4. The monoisotopic (exact) mass is 421 g/mol. The molecule has 1 aromatic carbocycles. The predicted octanol–water partition coefficient (Wildman–Crippen LogP) is 3.85. The molecule has 0 unspecified atom stereocenters. The summed E-state index contributed by atoms with van der Waals surface area (Å²) < 4.78 is 23.8. The Morgan fingerprint density at radius 1 is 1.20 bits per heavy atom. The fourth-order valence-electron chi connectivity index (χ4n) is 3.26. The van der Waals surface area contributed by atoms with E-state index in [1.165, 1.54) is 12.4 Å². The highest BCUT2D eigenvalue weighted by atomic mass is 32.1. The van der Waals surface area contributed by atoms with Crippen LogP contribution in [0.5, 0.6) is 5.88 Å². The zero-order valence-corrected chi connectivity index (χ0v) is 16.8. The second-order valence-corrected chi connectivity index (χ2v) is 7.20. The minimum absolute atomic E-state index is 0.199. The Hall–Kier alpha value is -3.66. The smallest absolute Gasteiger partial charge is 0.242 e. The van der Waals surface area contributed by atoms with Crippen molar-refractivity contribution in [1.82, 2.24) is 34.6 Å². The topological polar surface area (TPSA) is 83.0 Å². The Morgan fingerprint density at radius 3 is 2.90 bits per heavy atom. The van der Waals surface area contributed by atoms with Crippen LogP contribution in [0.2, 0.25) is 0 Å². The molecule has 150 valence electrons. The molecule has 0 aliphatic rings. The quantitative estimate of drug-likeness (QED) is 0.414. The molecule has 0 bridgehead atoms. The van der Waals surface area contributed by atoms with Crippen molar-refractivity contribution in [3.63, 3.8) is 0 Å². The van der Waals surface area contributed by atoms with Crippen LogP contribution in [-0.4, -0.2) is 34.6 Å². The summed E-state index contributed by atoms with van der Waals surface area (Å²) in [6.07, 6.45) is 3.10. The van der Waals surface area contributed by atoms with Gasteiger partial charge in [-0.25, -0.2) is 18.6 Å². The molecule has 0 N–H and O–H groups in total. The summed E-state index contributed by atoms with van der Waals surface area (Å²) in [5.74, 6) is 0.988. The molecular formula is C20H16FN7OS. The van der Waals surface area contributed by atoms with Gasteiger partial charge in [-0.2, -0.15) is 21.5 Å². The molecule has 4 aromatic heterocycles. The summed E-state index contributed by atoms with van der Waals surface area (Å²) in [5, 5.41) is 21.0. The SMILES string of the molecule is CCn1ncnc1COc1nn2c(-c3ccccc3F)nncc2c1-c1ccsc1. The third-order valence-corrected chi connectivity index (χ3v) is 5.36. The van der Waals surface area contributed by atoms with E-state index in [0.717, 1.165) is 11.1 Å². The normalized spacial score (nSPS) is 11.3. The second-order valence-electron chi connectivity index (χ2n) is 6.42. The zero-order chi connectivity index (χ0) is 20.5. The standard InChI is InChI=1S/C20H16FN7OS/c1-2-27-17(22-12-24-27)10-29-20-18(13-7-8-30-11-13)16-9-23-25-19(28(16)26-20)14-5-3-4-6-15(14)21/h3-9,11-12H,2,10H2,1H3. The third-order valence-electron chi connectivity index (χ3n) is 4.68. The van der Waals surface area contributed by atoms with Gasteiger partial charge in [0.05, 0.1) is 17.3 Å². The average Bonchev–Trinajstić information content (AvgIpc) is 3.50. The van der Waals surface area contributed by atoms with Gasteiger partial charge < -0.3 is 4.74 Å². The van der Waals surface area contributed by atoms with Crippen LogP contribution < -0.4 is 4.74 Å². The van der Waals surface area contributed by atoms with E-state index in [-0.39, 0.29) is 6.61 Å². The molecule has 10 heteroatoms. The molecule has 0 radical (unpaired) electrons. The molecule has 0 atom stereocenters. The highest BCUT2D eigenvalue weighted by molar-refractivity contribution is 7.08. The number of nitrogens with zero attached hydrogens (tertiary/aromatic N) is 7. The lowest BCUT2D eigenvalue weighted by atomic mass is 10.1. The highest BCUT2D eigenvalue weighted by Gasteiger charge is 2.21. The number of aromatic nitrogens is 7. The molecule has 8 nitrogen and oxygen atoms in total. The van der Waals surface area contributed by atoms with Gasteiger partial charge in [0.1, 0.15) is 24.3 Å². The van der Waals surface area contributed by atoms with Crippen molar-refractivity contribution in [3.05, 3.63) is 65.3 Å². The van der Waals surface area contributed by atoms with Crippen LogP contribution in [0, 0.1) is 5.82 Å². The van der Waals surface area contributed by atoms with E-state index in [1.807, 2.05) is 23.8 Å². The molecule has 5 rings (SSSR count). The summed E-state index contributed by atoms with van der Waals surface area (Å²) in [6, 6.07) is 8.39. The van der Waals surface area contributed by atoms with Crippen LogP contribution >= 0.6 is 11.3 Å². The van der Waals surface area contributed by atoms with E-state index in [1.54, 1.807) is 44.9 Å². The molecule has 0 saturated carbocycles.